The fourth-order valence-electron chi connectivity index (χ4n) is 3.14. The molecule has 0 bridgehead atoms. The van der Waals surface area contributed by atoms with Crippen molar-refractivity contribution < 1.29 is 0 Å². The molecule has 0 aliphatic rings. The zero-order valence-electron chi connectivity index (χ0n) is 16.0. The summed E-state index contributed by atoms with van der Waals surface area (Å²) in [5.74, 6) is 0. The first-order valence-corrected chi connectivity index (χ1v) is 12.0. The molecule has 0 amide bonds. The highest BCUT2D eigenvalue weighted by molar-refractivity contribution is 6.89. The Bertz CT molecular complexity index is 703. The minimum atomic E-state index is -1.39. The Morgan fingerprint density at radius 1 is 1.00 bits per heavy atom. The highest BCUT2D eigenvalue weighted by Gasteiger charge is 2.24. The number of pyridine rings is 1. The lowest BCUT2D eigenvalue weighted by molar-refractivity contribution is 0.412. The predicted octanol–water partition coefficient (Wildman–Crippen LogP) is 5.50. The zero-order chi connectivity index (χ0) is 17.4. The van der Waals surface area contributed by atoms with E-state index in [-0.39, 0.29) is 5.41 Å². The van der Waals surface area contributed by atoms with Gasteiger partial charge in [0, 0.05) is 11.8 Å². The van der Waals surface area contributed by atoms with Gasteiger partial charge in [0.05, 0.1) is 13.8 Å². The second kappa shape index (κ2) is 6.24. The van der Waals surface area contributed by atoms with E-state index in [1.807, 2.05) is 0 Å². The van der Waals surface area contributed by atoms with Crippen LogP contribution in [0.25, 0.3) is 11.3 Å². The summed E-state index contributed by atoms with van der Waals surface area (Å²) in [5.41, 5.74) is 6.76. The highest BCUT2D eigenvalue weighted by Crippen LogP contribution is 2.26. The summed E-state index contributed by atoms with van der Waals surface area (Å²) < 4.78 is 0. The third-order valence-electron chi connectivity index (χ3n) is 4.18. The lowest BCUT2D eigenvalue weighted by atomic mass is 9.88. The van der Waals surface area contributed by atoms with Gasteiger partial charge in [-0.15, -0.1) is 0 Å². The molecule has 0 spiro atoms. The van der Waals surface area contributed by atoms with Crippen LogP contribution < -0.4 is 5.19 Å². The van der Waals surface area contributed by atoms with Crippen LogP contribution in [0.2, 0.25) is 19.6 Å². The molecule has 2 heteroatoms. The molecule has 124 valence electrons. The van der Waals surface area contributed by atoms with Crippen LogP contribution in [0.5, 0.6) is 0 Å². The van der Waals surface area contributed by atoms with E-state index in [2.05, 4.69) is 84.7 Å². The van der Waals surface area contributed by atoms with Gasteiger partial charge in [0.1, 0.15) is 0 Å². The fourth-order valence-corrected chi connectivity index (χ4v) is 4.71. The molecule has 0 atom stereocenters. The van der Waals surface area contributed by atoms with Crippen LogP contribution in [0.1, 0.15) is 37.5 Å². The average molecular weight is 326 g/mol. The third kappa shape index (κ3) is 4.54. The van der Waals surface area contributed by atoms with Crippen LogP contribution in [-0.4, -0.2) is 13.1 Å². The molecule has 0 saturated heterocycles. The van der Waals surface area contributed by atoms with Crippen molar-refractivity contribution in [3.63, 3.8) is 0 Å². The summed E-state index contributed by atoms with van der Waals surface area (Å²) in [6.07, 6.45) is 3.26. The number of nitrogens with zero attached hydrogens (tertiary/aromatic N) is 1. The van der Waals surface area contributed by atoms with Gasteiger partial charge in [0.2, 0.25) is 0 Å². The van der Waals surface area contributed by atoms with E-state index in [9.17, 15) is 0 Å². The standard InChI is InChI=1S/C21H31NSi/c1-15-9-10-18(16(2)11-15)19-12-17(13-21(3,4)5)20(14-22-19)23(6,7)8/h9-12,14H,13H2,1-8H3. The van der Waals surface area contributed by atoms with Gasteiger partial charge in [-0.3, -0.25) is 4.98 Å². The Morgan fingerprint density at radius 2 is 1.65 bits per heavy atom. The highest BCUT2D eigenvalue weighted by atomic mass is 28.3. The molecule has 1 aromatic heterocycles. The first-order chi connectivity index (χ1) is 10.5. The van der Waals surface area contributed by atoms with Crippen molar-refractivity contribution in [3.8, 4) is 11.3 Å². The van der Waals surface area contributed by atoms with Crippen LogP contribution >= 0.6 is 0 Å². The number of hydrogen-bond acceptors (Lipinski definition) is 1. The molecule has 0 fully saturated rings. The fraction of sp³-hybridized carbons (Fsp3) is 0.476. The van der Waals surface area contributed by atoms with Crippen molar-refractivity contribution in [2.45, 2.75) is 60.7 Å². The van der Waals surface area contributed by atoms with Crippen LogP contribution in [-0.2, 0) is 6.42 Å². The minimum Gasteiger partial charge on any atom is -0.256 e. The van der Waals surface area contributed by atoms with Crippen LogP contribution in [0.4, 0.5) is 0 Å². The van der Waals surface area contributed by atoms with Crippen molar-refractivity contribution >= 4 is 13.3 Å². The molecule has 0 aliphatic heterocycles. The number of aryl methyl sites for hydroxylation is 2. The second-order valence-corrected chi connectivity index (χ2v) is 14.1. The second-order valence-electron chi connectivity index (χ2n) is 9.03. The quantitative estimate of drug-likeness (QED) is 0.679. The van der Waals surface area contributed by atoms with Crippen LogP contribution in [0.15, 0.2) is 30.5 Å². The number of aromatic nitrogens is 1. The van der Waals surface area contributed by atoms with Gasteiger partial charge in [-0.1, -0.05) is 64.2 Å². The smallest absolute Gasteiger partial charge is 0.0799 e. The van der Waals surface area contributed by atoms with E-state index < -0.39 is 8.07 Å². The lowest BCUT2D eigenvalue weighted by Crippen LogP contribution is -2.41. The van der Waals surface area contributed by atoms with Gasteiger partial charge >= 0.3 is 0 Å². The Labute approximate surface area is 143 Å². The summed E-state index contributed by atoms with van der Waals surface area (Å²) in [5, 5.41) is 1.50. The molecule has 0 N–H and O–H groups in total. The molecule has 23 heavy (non-hydrogen) atoms. The molecule has 1 nitrogen and oxygen atoms in total. The SMILES string of the molecule is Cc1ccc(-c2cc(CC(C)(C)C)c([Si](C)(C)C)cn2)c(C)c1. The molecule has 0 unspecified atom stereocenters. The molecule has 0 aliphatic carbocycles. The van der Waals surface area contributed by atoms with Crippen molar-refractivity contribution in [3.05, 3.63) is 47.2 Å². The van der Waals surface area contributed by atoms with Gasteiger partial charge in [0.15, 0.2) is 0 Å². The molecule has 2 rings (SSSR count). The monoisotopic (exact) mass is 325 g/mol. The largest absolute Gasteiger partial charge is 0.256 e. The zero-order valence-corrected chi connectivity index (χ0v) is 17.0. The molecular weight excluding hydrogens is 294 g/mol. The van der Waals surface area contributed by atoms with E-state index in [4.69, 9.17) is 4.98 Å². The van der Waals surface area contributed by atoms with E-state index in [1.54, 1.807) is 0 Å². The minimum absolute atomic E-state index is 0.287. The van der Waals surface area contributed by atoms with E-state index in [0.29, 0.717) is 0 Å². The van der Waals surface area contributed by atoms with Gasteiger partial charge in [0.25, 0.3) is 0 Å². The average Bonchev–Trinajstić information content (AvgIpc) is 2.35. The summed E-state index contributed by atoms with van der Waals surface area (Å²) in [6.45, 7) is 18.5. The summed E-state index contributed by atoms with van der Waals surface area (Å²) in [4.78, 5) is 4.83. The first-order valence-electron chi connectivity index (χ1n) is 8.54. The van der Waals surface area contributed by atoms with Crippen molar-refractivity contribution in [2.24, 2.45) is 5.41 Å². The Kier molecular flexibility index (Phi) is 4.86. The topological polar surface area (TPSA) is 12.9 Å². The third-order valence-corrected chi connectivity index (χ3v) is 6.24. The Morgan fingerprint density at radius 3 is 2.17 bits per heavy atom. The summed E-state index contributed by atoms with van der Waals surface area (Å²) >= 11 is 0. The van der Waals surface area contributed by atoms with Crippen LogP contribution in [0.3, 0.4) is 0 Å². The summed E-state index contributed by atoms with van der Waals surface area (Å²) in [6, 6.07) is 8.98. The van der Waals surface area contributed by atoms with Crippen molar-refractivity contribution in [1.82, 2.24) is 4.98 Å². The van der Waals surface area contributed by atoms with Gasteiger partial charge in [-0.05, 0) is 48.1 Å². The maximum Gasteiger partial charge on any atom is 0.0799 e. The molecule has 1 aromatic carbocycles. The molecule has 0 saturated carbocycles. The summed E-state index contributed by atoms with van der Waals surface area (Å²) in [7, 11) is -1.39. The van der Waals surface area contributed by atoms with Gasteiger partial charge in [-0.25, -0.2) is 0 Å². The van der Waals surface area contributed by atoms with E-state index in [0.717, 1.165) is 12.1 Å². The van der Waals surface area contributed by atoms with Crippen LogP contribution in [0, 0.1) is 19.3 Å². The Hall–Kier alpha value is -1.41. The van der Waals surface area contributed by atoms with E-state index >= 15 is 0 Å². The van der Waals surface area contributed by atoms with Gasteiger partial charge < -0.3 is 0 Å². The Balaban J connectivity index is 2.57. The maximum atomic E-state index is 4.83. The number of hydrogen-bond donors (Lipinski definition) is 0. The first kappa shape index (κ1) is 17.9. The molecule has 2 aromatic rings. The van der Waals surface area contributed by atoms with E-state index in [1.165, 1.54) is 27.4 Å². The normalized spacial score (nSPS) is 12.5. The maximum absolute atomic E-state index is 4.83. The van der Waals surface area contributed by atoms with Gasteiger partial charge in [-0.2, -0.15) is 0 Å². The van der Waals surface area contributed by atoms with Crippen molar-refractivity contribution in [1.29, 1.82) is 0 Å². The number of rotatable bonds is 3. The number of benzene rings is 1. The predicted molar refractivity (Wildman–Crippen MR) is 105 cm³/mol. The molecule has 1 heterocycles. The lowest BCUT2D eigenvalue weighted by Gasteiger charge is -2.26. The molecule has 0 radical (unpaired) electrons. The van der Waals surface area contributed by atoms with Crippen molar-refractivity contribution in [2.75, 3.05) is 0 Å². The molecular formula is C21H31NSi.